The smallest absolute Gasteiger partial charge is 0.221 e. The quantitative estimate of drug-likeness (QED) is 0.351. The Hall–Kier alpha value is -4.17. The first kappa shape index (κ1) is 22.6. The molecular weight excluding hydrogens is 460 g/mol. The highest BCUT2D eigenvalue weighted by molar-refractivity contribution is 7.80. The molecule has 0 aliphatic carbocycles. The Bertz CT molecular complexity index is 1360. The summed E-state index contributed by atoms with van der Waals surface area (Å²) in [6.07, 6.45) is 1.76. The first-order valence-corrected chi connectivity index (χ1v) is 11.6. The zero-order valence-corrected chi connectivity index (χ0v) is 20.1. The van der Waals surface area contributed by atoms with Gasteiger partial charge < -0.3 is 24.7 Å². The van der Waals surface area contributed by atoms with Crippen LogP contribution in [0.1, 0.15) is 30.5 Å². The van der Waals surface area contributed by atoms with E-state index >= 15 is 0 Å². The highest BCUT2D eigenvalue weighted by Gasteiger charge is 2.42. The lowest BCUT2D eigenvalue weighted by Gasteiger charge is -2.27. The van der Waals surface area contributed by atoms with Gasteiger partial charge in [0.2, 0.25) is 5.91 Å². The first-order valence-electron chi connectivity index (χ1n) is 11.2. The molecule has 2 aromatic carbocycles. The number of thiocarbonyl (C=S) groups is 1. The van der Waals surface area contributed by atoms with E-state index in [2.05, 4.69) is 15.6 Å². The molecule has 1 amide bonds. The van der Waals surface area contributed by atoms with Crippen LogP contribution < -0.4 is 20.3 Å². The number of carbonyl (C=O) groups excluding carboxylic acids is 1. The van der Waals surface area contributed by atoms with Crippen LogP contribution in [0.15, 0.2) is 89.5 Å². The fraction of sp³-hybridized carbons (Fsp3) is 0.148. The fourth-order valence-corrected chi connectivity index (χ4v) is 4.67. The van der Waals surface area contributed by atoms with E-state index in [9.17, 15) is 4.79 Å². The van der Waals surface area contributed by atoms with E-state index in [4.69, 9.17) is 21.4 Å². The number of ether oxygens (including phenoxy) is 1. The molecule has 4 aromatic rings. The van der Waals surface area contributed by atoms with Crippen molar-refractivity contribution in [1.82, 2.24) is 10.3 Å². The molecule has 0 radical (unpaired) electrons. The van der Waals surface area contributed by atoms with Crippen molar-refractivity contribution in [1.29, 1.82) is 0 Å². The summed E-state index contributed by atoms with van der Waals surface area (Å²) in [5.74, 6) is 1.88. The molecule has 2 aromatic heterocycles. The molecule has 2 N–H and O–H groups in total. The molecule has 1 fully saturated rings. The van der Waals surface area contributed by atoms with Gasteiger partial charge in [-0.25, -0.2) is 0 Å². The summed E-state index contributed by atoms with van der Waals surface area (Å²) in [4.78, 5) is 18.4. The van der Waals surface area contributed by atoms with Gasteiger partial charge in [0.15, 0.2) is 5.11 Å². The minimum atomic E-state index is -0.312. The normalized spacial score (nSPS) is 17.2. The Morgan fingerprint density at radius 3 is 2.60 bits per heavy atom. The van der Waals surface area contributed by atoms with Gasteiger partial charge in [0.05, 0.1) is 24.5 Å². The largest absolute Gasteiger partial charge is 0.495 e. The van der Waals surface area contributed by atoms with Crippen LogP contribution in [0.25, 0.3) is 11.3 Å². The summed E-state index contributed by atoms with van der Waals surface area (Å²) in [6, 6.07) is 24.7. The SMILES string of the molecule is COc1ccc(N2C(=S)N[C@H](c3ccccn3)[C@H]2c2ccc(-c3ccccc3)o2)cc1NC(C)=O. The van der Waals surface area contributed by atoms with E-state index in [0.717, 1.165) is 28.5 Å². The van der Waals surface area contributed by atoms with Gasteiger partial charge in [0.1, 0.15) is 23.3 Å². The number of pyridine rings is 1. The van der Waals surface area contributed by atoms with Crippen molar-refractivity contribution in [3.8, 4) is 17.1 Å². The Morgan fingerprint density at radius 2 is 1.89 bits per heavy atom. The number of benzene rings is 2. The van der Waals surface area contributed by atoms with Crippen LogP contribution in [-0.4, -0.2) is 23.1 Å². The van der Waals surface area contributed by atoms with Crippen LogP contribution >= 0.6 is 12.2 Å². The van der Waals surface area contributed by atoms with Crippen LogP contribution in [0.2, 0.25) is 0 Å². The summed E-state index contributed by atoms with van der Waals surface area (Å²) in [5.41, 5.74) is 3.18. The zero-order valence-electron chi connectivity index (χ0n) is 19.3. The molecule has 2 atom stereocenters. The highest BCUT2D eigenvalue weighted by Crippen LogP contribution is 2.44. The van der Waals surface area contributed by atoms with Gasteiger partial charge in [-0.05, 0) is 54.7 Å². The molecule has 7 nitrogen and oxygen atoms in total. The van der Waals surface area contributed by atoms with Crippen molar-refractivity contribution in [2.75, 3.05) is 17.3 Å². The number of hydrogen-bond acceptors (Lipinski definition) is 5. The number of anilines is 2. The van der Waals surface area contributed by atoms with Gasteiger partial charge in [-0.3, -0.25) is 9.78 Å². The molecule has 1 saturated heterocycles. The van der Waals surface area contributed by atoms with Crippen LogP contribution in [0, 0.1) is 0 Å². The number of amides is 1. The van der Waals surface area contributed by atoms with Gasteiger partial charge in [-0.2, -0.15) is 0 Å². The third kappa shape index (κ3) is 4.48. The average Bonchev–Trinajstić information content (AvgIpc) is 3.49. The van der Waals surface area contributed by atoms with Gasteiger partial charge in [-0.1, -0.05) is 36.4 Å². The van der Waals surface area contributed by atoms with Crippen molar-refractivity contribution >= 4 is 34.6 Å². The van der Waals surface area contributed by atoms with Crippen molar-refractivity contribution < 1.29 is 13.9 Å². The maximum atomic E-state index is 11.8. The molecule has 5 rings (SSSR count). The molecule has 3 heterocycles. The molecule has 0 saturated carbocycles. The molecule has 0 bridgehead atoms. The van der Waals surface area contributed by atoms with E-state index in [1.165, 1.54) is 6.92 Å². The van der Waals surface area contributed by atoms with Crippen molar-refractivity contribution in [2.24, 2.45) is 0 Å². The summed E-state index contributed by atoms with van der Waals surface area (Å²) >= 11 is 5.80. The molecule has 1 aliphatic rings. The molecule has 0 spiro atoms. The number of methoxy groups -OCH3 is 1. The van der Waals surface area contributed by atoms with E-state index < -0.39 is 0 Å². The fourth-order valence-electron chi connectivity index (χ4n) is 4.32. The highest BCUT2D eigenvalue weighted by atomic mass is 32.1. The Balaban J connectivity index is 1.60. The zero-order chi connectivity index (χ0) is 24.4. The lowest BCUT2D eigenvalue weighted by molar-refractivity contribution is -0.114. The van der Waals surface area contributed by atoms with Gasteiger partial charge in [-0.15, -0.1) is 0 Å². The maximum absolute atomic E-state index is 11.8. The predicted molar refractivity (Wildman–Crippen MR) is 139 cm³/mol. The second-order valence-electron chi connectivity index (χ2n) is 8.13. The number of nitrogens with one attached hydrogen (secondary N) is 2. The lowest BCUT2D eigenvalue weighted by Crippen LogP contribution is -2.29. The monoisotopic (exact) mass is 484 g/mol. The third-order valence-electron chi connectivity index (χ3n) is 5.85. The third-order valence-corrected chi connectivity index (χ3v) is 6.16. The van der Waals surface area contributed by atoms with E-state index in [0.29, 0.717) is 16.5 Å². The topological polar surface area (TPSA) is 79.6 Å². The minimum absolute atomic E-state index is 0.191. The summed E-state index contributed by atoms with van der Waals surface area (Å²) in [5, 5.41) is 6.79. The Labute approximate surface area is 208 Å². The number of furan rings is 1. The van der Waals surface area contributed by atoms with Gasteiger partial charge in [0.25, 0.3) is 0 Å². The number of carbonyl (C=O) groups is 1. The number of hydrogen-bond donors (Lipinski definition) is 2. The molecule has 0 unspecified atom stereocenters. The Kier molecular flexibility index (Phi) is 6.20. The van der Waals surface area contributed by atoms with Gasteiger partial charge in [0, 0.05) is 24.4 Å². The second kappa shape index (κ2) is 9.60. The number of nitrogens with zero attached hydrogens (tertiary/aromatic N) is 2. The van der Waals surface area contributed by atoms with E-state index in [1.807, 2.05) is 83.8 Å². The summed E-state index contributed by atoms with van der Waals surface area (Å²) in [6.45, 7) is 1.46. The predicted octanol–water partition coefficient (Wildman–Crippen LogP) is 5.49. The molecule has 1 aliphatic heterocycles. The standard InChI is InChI=1S/C27H24N4O3S/c1-17(32)29-21-16-19(11-12-23(21)33-2)31-26(25(30-27(31)35)20-10-6-7-15-28-20)24-14-13-22(34-24)18-8-4-3-5-9-18/h3-16,25-26H,1-2H3,(H,29,32)(H,30,35)/t25-,26-/m1/s1. The van der Waals surface area contributed by atoms with Gasteiger partial charge >= 0.3 is 0 Å². The van der Waals surface area contributed by atoms with Crippen molar-refractivity contribution in [3.05, 3.63) is 96.5 Å². The van der Waals surface area contributed by atoms with Crippen molar-refractivity contribution in [2.45, 2.75) is 19.0 Å². The molecule has 176 valence electrons. The van der Waals surface area contributed by atoms with Crippen LogP contribution in [0.3, 0.4) is 0 Å². The maximum Gasteiger partial charge on any atom is 0.221 e. The van der Waals surface area contributed by atoms with Crippen LogP contribution in [0.5, 0.6) is 5.75 Å². The minimum Gasteiger partial charge on any atom is -0.495 e. The van der Waals surface area contributed by atoms with Crippen LogP contribution in [-0.2, 0) is 4.79 Å². The first-order chi connectivity index (χ1) is 17.0. The van der Waals surface area contributed by atoms with E-state index in [1.54, 1.807) is 13.3 Å². The Morgan fingerprint density at radius 1 is 1.09 bits per heavy atom. The summed E-state index contributed by atoms with van der Waals surface area (Å²) < 4.78 is 11.8. The molecule has 8 heteroatoms. The number of aromatic nitrogens is 1. The average molecular weight is 485 g/mol. The molecular formula is C27H24N4O3S. The van der Waals surface area contributed by atoms with E-state index in [-0.39, 0.29) is 18.0 Å². The molecule has 35 heavy (non-hydrogen) atoms. The summed E-state index contributed by atoms with van der Waals surface area (Å²) in [7, 11) is 1.57. The number of rotatable bonds is 6. The van der Waals surface area contributed by atoms with Crippen LogP contribution in [0.4, 0.5) is 11.4 Å². The van der Waals surface area contributed by atoms with Crippen molar-refractivity contribution in [3.63, 3.8) is 0 Å². The lowest BCUT2D eigenvalue weighted by atomic mass is 10.0. The second-order valence-corrected chi connectivity index (χ2v) is 8.52.